The molecule has 4 aromatic rings. The Hall–Kier alpha value is -3.15. The molecule has 0 spiro atoms. The number of hydrogen-bond donors (Lipinski definition) is 3. The van der Waals surface area contributed by atoms with Gasteiger partial charge in [0.05, 0.1) is 31.4 Å². The summed E-state index contributed by atoms with van der Waals surface area (Å²) in [5.41, 5.74) is 0.180. The number of hydrogen-bond acceptors (Lipinski definition) is 5. The topological polar surface area (TPSA) is 96.2 Å². The highest BCUT2D eigenvalue weighted by Gasteiger charge is 2.38. The highest BCUT2D eigenvalue weighted by molar-refractivity contribution is 6.31. The highest BCUT2D eigenvalue weighted by Crippen LogP contribution is 2.42. The van der Waals surface area contributed by atoms with E-state index >= 15 is 0 Å². The number of halogens is 5. The van der Waals surface area contributed by atoms with E-state index in [2.05, 4.69) is 15.1 Å². The molecule has 0 unspecified atom stereocenters. The van der Waals surface area contributed by atoms with E-state index in [1.165, 1.54) is 31.5 Å². The predicted octanol–water partition coefficient (Wildman–Crippen LogP) is 4.75. The van der Waals surface area contributed by atoms with Crippen molar-refractivity contribution in [1.82, 2.24) is 19.7 Å². The molecule has 0 aliphatic rings. The standard InChI is InChI=1S/C23H21ClF4N4O3/c1-11(19-18(35-2)4-3-17(25)20(19)24)15-7-30-22-14(15)5-12(6-29-22)16-9-32(8-13(34)10-33)31-21(16)23(26,27)28/h3-7,9,11,13,33-34H,8,10H2,1-2H3,(H,29,30)/t11-,13-/m0/s1. The molecule has 0 aliphatic carbocycles. The van der Waals surface area contributed by atoms with Crippen LogP contribution in [0.15, 0.2) is 36.8 Å². The zero-order chi connectivity index (χ0) is 25.5. The number of H-pyrrole nitrogens is 1. The van der Waals surface area contributed by atoms with Gasteiger partial charge in [-0.25, -0.2) is 9.37 Å². The Bertz CT molecular complexity index is 1370. The van der Waals surface area contributed by atoms with Gasteiger partial charge in [-0.1, -0.05) is 18.5 Å². The van der Waals surface area contributed by atoms with Crippen LogP contribution in [0.5, 0.6) is 5.75 Å². The lowest BCUT2D eigenvalue weighted by Crippen LogP contribution is -2.20. The van der Waals surface area contributed by atoms with Crippen LogP contribution in [0.25, 0.3) is 22.2 Å². The van der Waals surface area contributed by atoms with Crippen molar-refractivity contribution in [2.45, 2.75) is 31.7 Å². The summed E-state index contributed by atoms with van der Waals surface area (Å²) in [7, 11) is 1.43. The average Bonchev–Trinajstić information content (AvgIpc) is 3.44. The van der Waals surface area contributed by atoms with Gasteiger partial charge < -0.3 is 19.9 Å². The Morgan fingerprint density at radius 2 is 2.03 bits per heavy atom. The Morgan fingerprint density at radius 3 is 2.69 bits per heavy atom. The second-order valence-corrected chi connectivity index (χ2v) is 8.39. The lowest BCUT2D eigenvalue weighted by molar-refractivity contribution is -0.141. The highest BCUT2D eigenvalue weighted by atomic mass is 35.5. The summed E-state index contributed by atoms with van der Waals surface area (Å²) in [6.07, 6.45) is -1.98. The van der Waals surface area contributed by atoms with Crippen molar-refractivity contribution in [2.24, 2.45) is 0 Å². The molecule has 1 aromatic carbocycles. The number of benzene rings is 1. The molecule has 0 radical (unpaired) electrons. The summed E-state index contributed by atoms with van der Waals surface area (Å²) in [5.74, 6) is -0.755. The normalized spacial score (nSPS) is 13.9. The van der Waals surface area contributed by atoms with Gasteiger partial charge in [-0.05, 0) is 23.8 Å². The SMILES string of the molecule is COc1ccc(F)c(Cl)c1[C@@H](C)c1c[nH]c2ncc(-c3cn(C[C@H](O)CO)nc3C(F)(F)F)cc12. The summed E-state index contributed by atoms with van der Waals surface area (Å²) >= 11 is 6.24. The maximum atomic E-state index is 14.2. The lowest BCUT2D eigenvalue weighted by Gasteiger charge is -2.17. The molecule has 186 valence electrons. The van der Waals surface area contributed by atoms with Gasteiger partial charge in [0.15, 0.2) is 5.69 Å². The first-order chi connectivity index (χ1) is 16.5. The molecule has 4 rings (SSSR count). The number of nitrogens with zero attached hydrogens (tertiary/aromatic N) is 3. The number of fused-ring (bicyclic) bond motifs is 1. The first-order valence-corrected chi connectivity index (χ1v) is 10.9. The van der Waals surface area contributed by atoms with Crippen LogP contribution in [-0.4, -0.2) is 49.8 Å². The van der Waals surface area contributed by atoms with E-state index in [0.29, 0.717) is 27.9 Å². The Balaban J connectivity index is 1.84. The van der Waals surface area contributed by atoms with E-state index < -0.39 is 36.3 Å². The van der Waals surface area contributed by atoms with Crippen molar-refractivity contribution in [3.63, 3.8) is 0 Å². The number of aliphatic hydroxyl groups excluding tert-OH is 2. The second kappa shape index (κ2) is 9.48. The molecule has 0 saturated carbocycles. The molecule has 7 nitrogen and oxygen atoms in total. The van der Waals surface area contributed by atoms with Crippen LogP contribution < -0.4 is 4.74 Å². The Labute approximate surface area is 201 Å². The molecule has 0 amide bonds. The van der Waals surface area contributed by atoms with Gasteiger partial charge in [-0.15, -0.1) is 0 Å². The maximum absolute atomic E-state index is 14.2. The molecule has 3 heterocycles. The molecule has 0 aliphatic heterocycles. The third-order valence-corrected chi connectivity index (χ3v) is 6.11. The average molecular weight is 513 g/mol. The first-order valence-electron chi connectivity index (χ1n) is 10.5. The zero-order valence-electron chi connectivity index (χ0n) is 18.6. The summed E-state index contributed by atoms with van der Waals surface area (Å²) in [5, 5.41) is 22.6. The number of aliphatic hydroxyl groups is 2. The van der Waals surface area contributed by atoms with Crippen molar-refractivity contribution < 1.29 is 32.5 Å². The maximum Gasteiger partial charge on any atom is 0.435 e. The van der Waals surface area contributed by atoms with Crippen LogP contribution in [0.4, 0.5) is 17.6 Å². The Morgan fingerprint density at radius 1 is 1.29 bits per heavy atom. The molecule has 2 atom stereocenters. The predicted molar refractivity (Wildman–Crippen MR) is 121 cm³/mol. The van der Waals surface area contributed by atoms with Crippen molar-refractivity contribution in [1.29, 1.82) is 0 Å². The van der Waals surface area contributed by atoms with Crippen LogP contribution in [0.3, 0.4) is 0 Å². The largest absolute Gasteiger partial charge is 0.496 e. The van der Waals surface area contributed by atoms with Crippen LogP contribution in [0.1, 0.15) is 29.7 Å². The number of methoxy groups -OCH3 is 1. The molecule has 35 heavy (non-hydrogen) atoms. The number of aromatic nitrogens is 4. The molecule has 0 bridgehead atoms. The summed E-state index contributed by atoms with van der Waals surface area (Å²) in [6, 6.07) is 4.18. The first kappa shape index (κ1) is 25.0. The van der Waals surface area contributed by atoms with Gasteiger partial charge in [0.25, 0.3) is 0 Å². The number of aromatic amines is 1. The van der Waals surface area contributed by atoms with Crippen molar-refractivity contribution >= 4 is 22.6 Å². The quantitative estimate of drug-likeness (QED) is 0.311. The number of ether oxygens (including phenoxy) is 1. The fraction of sp³-hybridized carbons (Fsp3) is 0.304. The molecule has 0 fully saturated rings. The van der Waals surface area contributed by atoms with Crippen LogP contribution in [-0.2, 0) is 12.7 Å². The summed E-state index contributed by atoms with van der Waals surface area (Å²) in [6.45, 7) is 0.828. The van der Waals surface area contributed by atoms with Crippen molar-refractivity contribution in [3.8, 4) is 16.9 Å². The van der Waals surface area contributed by atoms with E-state index in [-0.39, 0.29) is 22.7 Å². The summed E-state index contributed by atoms with van der Waals surface area (Å²) < 4.78 is 61.7. The van der Waals surface area contributed by atoms with Crippen LogP contribution in [0.2, 0.25) is 5.02 Å². The van der Waals surface area contributed by atoms with E-state index in [4.69, 9.17) is 21.4 Å². The van der Waals surface area contributed by atoms with E-state index in [9.17, 15) is 22.7 Å². The third kappa shape index (κ3) is 4.71. The lowest BCUT2D eigenvalue weighted by atomic mass is 9.91. The van der Waals surface area contributed by atoms with Gasteiger partial charge in [0.2, 0.25) is 0 Å². The number of nitrogens with one attached hydrogen (secondary N) is 1. The van der Waals surface area contributed by atoms with E-state index in [0.717, 1.165) is 10.9 Å². The van der Waals surface area contributed by atoms with Crippen molar-refractivity contribution in [3.05, 3.63) is 64.5 Å². The number of rotatable bonds is 7. The molecular formula is C23H21ClF4N4O3. The number of pyridine rings is 1. The smallest absolute Gasteiger partial charge is 0.435 e. The van der Waals surface area contributed by atoms with E-state index in [1.807, 2.05) is 0 Å². The van der Waals surface area contributed by atoms with E-state index in [1.54, 1.807) is 13.1 Å². The van der Waals surface area contributed by atoms with Crippen LogP contribution >= 0.6 is 11.6 Å². The zero-order valence-corrected chi connectivity index (χ0v) is 19.3. The molecule has 3 aromatic heterocycles. The molecule has 12 heteroatoms. The van der Waals surface area contributed by atoms with Gasteiger partial charge in [-0.3, -0.25) is 4.68 Å². The van der Waals surface area contributed by atoms with Gasteiger partial charge in [0.1, 0.15) is 17.2 Å². The van der Waals surface area contributed by atoms with Crippen LogP contribution in [0, 0.1) is 5.82 Å². The number of alkyl halides is 3. The third-order valence-electron chi connectivity index (χ3n) is 5.72. The Kier molecular flexibility index (Phi) is 6.76. The fourth-order valence-electron chi connectivity index (χ4n) is 4.02. The minimum atomic E-state index is -4.77. The minimum Gasteiger partial charge on any atom is -0.496 e. The van der Waals surface area contributed by atoms with Gasteiger partial charge >= 0.3 is 6.18 Å². The van der Waals surface area contributed by atoms with Gasteiger partial charge in [0, 0.05) is 46.6 Å². The van der Waals surface area contributed by atoms with Gasteiger partial charge in [-0.2, -0.15) is 18.3 Å². The molecule has 3 N–H and O–H groups in total. The molecule has 0 saturated heterocycles. The monoisotopic (exact) mass is 512 g/mol. The minimum absolute atomic E-state index is 0.113. The summed E-state index contributed by atoms with van der Waals surface area (Å²) in [4.78, 5) is 7.24. The molecular weight excluding hydrogens is 492 g/mol. The van der Waals surface area contributed by atoms with Crippen molar-refractivity contribution in [2.75, 3.05) is 13.7 Å². The second-order valence-electron chi connectivity index (χ2n) is 8.01. The fourth-order valence-corrected chi connectivity index (χ4v) is 4.34.